The minimum atomic E-state index is 0.232. The molecule has 0 heterocycles. The molecule has 86 valence electrons. The fraction of sp³-hybridized carbons (Fsp3) is 0.143. The third kappa shape index (κ3) is 1.50. The monoisotopic (exact) mass is 263 g/mol. The van der Waals surface area contributed by atoms with Crippen molar-refractivity contribution in [3.8, 4) is 11.1 Å². The van der Waals surface area contributed by atoms with E-state index >= 15 is 0 Å². The number of halogens is 2. The summed E-state index contributed by atoms with van der Waals surface area (Å²) in [5.41, 5.74) is 10.5. The molecule has 1 nitrogen and oxygen atoms in total. The molecule has 3 heteroatoms. The first kappa shape index (κ1) is 11.1. The van der Waals surface area contributed by atoms with Crippen LogP contribution in [-0.2, 0) is 0 Å². The Morgan fingerprint density at radius 2 is 1.76 bits per heavy atom. The molecule has 2 N–H and O–H groups in total. The average molecular weight is 264 g/mol. The second kappa shape index (κ2) is 4.02. The molecule has 0 aliphatic heterocycles. The van der Waals surface area contributed by atoms with Crippen molar-refractivity contribution in [1.82, 2.24) is 0 Å². The van der Waals surface area contributed by atoms with Crippen LogP contribution in [0.5, 0.6) is 0 Å². The number of hydrogen-bond donors (Lipinski definition) is 1. The minimum absolute atomic E-state index is 0.232. The first-order chi connectivity index (χ1) is 8.24. The van der Waals surface area contributed by atoms with Crippen LogP contribution in [0, 0.1) is 0 Å². The molecule has 0 bridgehead atoms. The van der Waals surface area contributed by atoms with Crippen LogP contribution in [-0.4, -0.2) is 6.54 Å². The van der Waals surface area contributed by atoms with Gasteiger partial charge in [-0.2, -0.15) is 0 Å². The lowest BCUT2D eigenvalue weighted by molar-refractivity contribution is 0.841. The van der Waals surface area contributed by atoms with Crippen LogP contribution in [0.3, 0.4) is 0 Å². The molecular formula is C14H11Cl2N. The van der Waals surface area contributed by atoms with Crippen molar-refractivity contribution in [3.63, 3.8) is 0 Å². The lowest BCUT2D eigenvalue weighted by atomic mass is 9.97. The SMILES string of the molecule is NCC1c2ccccc2-c2c1ccc(Cl)c2Cl. The van der Waals surface area contributed by atoms with Gasteiger partial charge in [0.1, 0.15) is 0 Å². The molecular weight excluding hydrogens is 253 g/mol. The third-order valence-corrected chi connectivity index (χ3v) is 4.15. The van der Waals surface area contributed by atoms with Crippen molar-refractivity contribution in [3.05, 3.63) is 57.6 Å². The van der Waals surface area contributed by atoms with E-state index in [1.165, 1.54) is 11.1 Å². The average Bonchev–Trinajstić information content (AvgIpc) is 2.68. The van der Waals surface area contributed by atoms with E-state index in [0.717, 1.165) is 11.1 Å². The van der Waals surface area contributed by atoms with Crippen molar-refractivity contribution in [2.45, 2.75) is 5.92 Å². The molecule has 1 aliphatic carbocycles. The van der Waals surface area contributed by atoms with E-state index in [9.17, 15) is 0 Å². The highest BCUT2D eigenvalue weighted by molar-refractivity contribution is 6.44. The Hall–Kier alpha value is -1.02. The number of benzene rings is 2. The van der Waals surface area contributed by atoms with Crippen molar-refractivity contribution in [2.24, 2.45) is 5.73 Å². The molecule has 2 aromatic rings. The first-order valence-corrected chi connectivity index (χ1v) is 6.27. The normalized spacial score (nSPS) is 16.8. The Kier molecular flexibility index (Phi) is 2.62. The smallest absolute Gasteiger partial charge is 0.0673 e. The zero-order chi connectivity index (χ0) is 12.0. The summed E-state index contributed by atoms with van der Waals surface area (Å²) in [5.74, 6) is 0.232. The van der Waals surface area contributed by atoms with Crippen LogP contribution in [0.2, 0.25) is 10.0 Å². The van der Waals surface area contributed by atoms with Gasteiger partial charge < -0.3 is 5.73 Å². The van der Waals surface area contributed by atoms with Crippen molar-refractivity contribution < 1.29 is 0 Å². The summed E-state index contributed by atoms with van der Waals surface area (Å²) in [6, 6.07) is 12.1. The lowest BCUT2D eigenvalue weighted by Gasteiger charge is -2.10. The highest BCUT2D eigenvalue weighted by atomic mass is 35.5. The fourth-order valence-corrected chi connectivity index (χ4v) is 3.01. The van der Waals surface area contributed by atoms with Crippen LogP contribution in [0.1, 0.15) is 17.0 Å². The second-order valence-electron chi connectivity index (χ2n) is 4.20. The number of fused-ring (bicyclic) bond motifs is 3. The molecule has 0 aromatic heterocycles. The summed E-state index contributed by atoms with van der Waals surface area (Å²) < 4.78 is 0. The Morgan fingerprint density at radius 1 is 1.00 bits per heavy atom. The predicted octanol–water partition coefficient (Wildman–Crippen LogP) is 4.06. The van der Waals surface area contributed by atoms with Gasteiger partial charge in [0.15, 0.2) is 0 Å². The summed E-state index contributed by atoms with van der Waals surface area (Å²) >= 11 is 12.4. The van der Waals surface area contributed by atoms with Gasteiger partial charge in [-0.1, -0.05) is 53.5 Å². The van der Waals surface area contributed by atoms with E-state index in [1.54, 1.807) is 0 Å². The van der Waals surface area contributed by atoms with E-state index in [2.05, 4.69) is 12.1 Å². The van der Waals surface area contributed by atoms with Crippen LogP contribution in [0.25, 0.3) is 11.1 Å². The van der Waals surface area contributed by atoms with E-state index in [4.69, 9.17) is 28.9 Å². The molecule has 0 radical (unpaired) electrons. The highest BCUT2D eigenvalue weighted by Gasteiger charge is 2.29. The van der Waals surface area contributed by atoms with Gasteiger partial charge >= 0.3 is 0 Å². The van der Waals surface area contributed by atoms with Crippen molar-refractivity contribution in [2.75, 3.05) is 6.54 Å². The molecule has 0 saturated carbocycles. The molecule has 1 unspecified atom stereocenters. The van der Waals surface area contributed by atoms with Gasteiger partial charge in [0.25, 0.3) is 0 Å². The molecule has 0 amide bonds. The Labute approximate surface area is 110 Å². The molecule has 0 saturated heterocycles. The number of hydrogen-bond acceptors (Lipinski definition) is 1. The predicted molar refractivity (Wildman–Crippen MR) is 72.8 cm³/mol. The number of nitrogens with two attached hydrogens (primary N) is 1. The van der Waals surface area contributed by atoms with Gasteiger partial charge in [0.2, 0.25) is 0 Å². The maximum Gasteiger partial charge on any atom is 0.0673 e. The summed E-state index contributed by atoms with van der Waals surface area (Å²) in [6.07, 6.45) is 0. The molecule has 1 atom stereocenters. The summed E-state index contributed by atoms with van der Waals surface area (Å²) in [6.45, 7) is 0.585. The van der Waals surface area contributed by atoms with E-state index < -0.39 is 0 Å². The van der Waals surface area contributed by atoms with Crippen molar-refractivity contribution in [1.29, 1.82) is 0 Å². The first-order valence-electron chi connectivity index (χ1n) is 5.51. The lowest BCUT2D eigenvalue weighted by Crippen LogP contribution is -2.11. The topological polar surface area (TPSA) is 26.0 Å². The standard InChI is InChI=1S/C14H11Cl2N/c15-12-6-5-10-11(7-17)8-3-1-2-4-9(8)13(10)14(12)16/h1-6,11H,7,17H2. The largest absolute Gasteiger partial charge is 0.330 e. The summed E-state index contributed by atoms with van der Waals surface area (Å²) in [7, 11) is 0. The second-order valence-corrected chi connectivity index (χ2v) is 4.99. The molecule has 17 heavy (non-hydrogen) atoms. The summed E-state index contributed by atoms with van der Waals surface area (Å²) in [5, 5.41) is 1.23. The van der Waals surface area contributed by atoms with Crippen molar-refractivity contribution >= 4 is 23.2 Å². The quantitative estimate of drug-likeness (QED) is 0.825. The molecule has 0 fully saturated rings. The van der Waals surface area contributed by atoms with Gasteiger partial charge in [-0.25, -0.2) is 0 Å². The van der Waals surface area contributed by atoms with Gasteiger partial charge in [-0.05, 0) is 22.8 Å². The Morgan fingerprint density at radius 3 is 2.53 bits per heavy atom. The summed E-state index contributed by atoms with van der Waals surface area (Å²) in [4.78, 5) is 0. The van der Waals surface area contributed by atoms with Gasteiger partial charge in [0.05, 0.1) is 10.0 Å². The van der Waals surface area contributed by atoms with E-state index in [0.29, 0.717) is 16.6 Å². The fourth-order valence-electron chi connectivity index (χ4n) is 2.58. The molecule has 2 aromatic carbocycles. The van der Waals surface area contributed by atoms with Crippen LogP contribution in [0.4, 0.5) is 0 Å². The van der Waals surface area contributed by atoms with Crippen LogP contribution < -0.4 is 5.73 Å². The minimum Gasteiger partial charge on any atom is -0.330 e. The maximum atomic E-state index is 6.32. The van der Waals surface area contributed by atoms with Gasteiger partial charge in [-0.3, -0.25) is 0 Å². The van der Waals surface area contributed by atoms with E-state index in [1.807, 2.05) is 24.3 Å². The maximum absolute atomic E-state index is 6.32. The van der Waals surface area contributed by atoms with E-state index in [-0.39, 0.29) is 5.92 Å². The van der Waals surface area contributed by atoms with Gasteiger partial charge in [-0.15, -0.1) is 0 Å². The van der Waals surface area contributed by atoms with Crippen LogP contribution >= 0.6 is 23.2 Å². The van der Waals surface area contributed by atoms with Gasteiger partial charge in [0, 0.05) is 18.0 Å². The Bertz CT molecular complexity index is 593. The van der Waals surface area contributed by atoms with Crippen LogP contribution in [0.15, 0.2) is 36.4 Å². The number of rotatable bonds is 1. The molecule has 1 aliphatic rings. The zero-order valence-electron chi connectivity index (χ0n) is 9.08. The Balaban J connectivity index is 2.36. The zero-order valence-corrected chi connectivity index (χ0v) is 10.6. The highest BCUT2D eigenvalue weighted by Crippen LogP contribution is 2.49. The third-order valence-electron chi connectivity index (χ3n) is 3.34. The molecule has 3 rings (SSSR count). The molecule has 0 spiro atoms.